The first-order valence-electron chi connectivity index (χ1n) is 8.53. The Kier molecular flexibility index (Phi) is 5.38. The molecular weight excluding hydrogens is 366 g/mol. The van der Waals surface area contributed by atoms with Crippen LogP contribution in [0.25, 0.3) is 0 Å². The summed E-state index contributed by atoms with van der Waals surface area (Å²) in [6, 6.07) is 10.5. The van der Waals surface area contributed by atoms with Crippen LogP contribution in [0.2, 0.25) is 0 Å². The highest BCUT2D eigenvalue weighted by atomic mass is 32.2. The summed E-state index contributed by atoms with van der Waals surface area (Å²) < 4.78 is 34.1. The molecule has 27 heavy (non-hydrogen) atoms. The lowest BCUT2D eigenvalue weighted by Crippen LogP contribution is -2.20. The monoisotopic (exact) mass is 389 g/mol. The minimum absolute atomic E-state index is 0.0387. The van der Waals surface area contributed by atoms with Gasteiger partial charge < -0.3 is 10.1 Å². The van der Waals surface area contributed by atoms with Gasteiger partial charge in [0.05, 0.1) is 12.8 Å². The van der Waals surface area contributed by atoms with Crippen LogP contribution in [0.1, 0.15) is 23.6 Å². The van der Waals surface area contributed by atoms with Crippen LogP contribution in [0.3, 0.4) is 0 Å². The Morgan fingerprint density at radius 1 is 1.22 bits per heavy atom. The Hall–Kier alpha value is -2.58. The van der Waals surface area contributed by atoms with Gasteiger partial charge in [-0.1, -0.05) is 18.2 Å². The molecule has 0 aliphatic carbocycles. The maximum atomic E-state index is 13.1. The zero-order valence-corrected chi connectivity index (χ0v) is 16.4. The molecule has 0 saturated heterocycles. The van der Waals surface area contributed by atoms with Gasteiger partial charge in [-0.25, -0.2) is 8.42 Å². The molecule has 1 aliphatic rings. The number of benzene rings is 2. The zero-order valence-electron chi connectivity index (χ0n) is 15.6. The van der Waals surface area contributed by atoms with E-state index in [4.69, 9.17) is 4.74 Å². The molecule has 2 N–H and O–H groups in total. The third-order valence-corrected chi connectivity index (χ3v) is 5.83. The second kappa shape index (κ2) is 7.58. The van der Waals surface area contributed by atoms with Crippen molar-refractivity contribution < 1.29 is 17.9 Å². The number of ether oxygens (including phenoxy) is 1. The molecule has 1 heterocycles. The van der Waals surface area contributed by atoms with E-state index in [-0.39, 0.29) is 23.1 Å². The summed E-state index contributed by atoms with van der Waals surface area (Å²) in [5.74, 6) is 0.0658. The van der Waals surface area contributed by atoms with E-state index in [0.29, 0.717) is 17.8 Å². The molecule has 1 amide bonds. The van der Waals surface area contributed by atoms with Crippen molar-refractivity contribution in [2.45, 2.75) is 31.5 Å². The average Bonchev–Trinajstić information content (AvgIpc) is 3.01. The Morgan fingerprint density at radius 2 is 2.00 bits per heavy atom. The summed E-state index contributed by atoms with van der Waals surface area (Å²) in [4.78, 5) is 13.3. The number of nitrogens with one attached hydrogen (secondary N) is 2. The van der Waals surface area contributed by atoms with Crippen molar-refractivity contribution in [1.82, 2.24) is 10.2 Å². The molecule has 2 aromatic carbocycles. The van der Waals surface area contributed by atoms with E-state index in [2.05, 4.69) is 14.9 Å². The fourth-order valence-corrected chi connectivity index (χ4v) is 4.46. The first-order chi connectivity index (χ1) is 12.8. The minimum Gasteiger partial charge on any atom is -0.495 e. The first kappa shape index (κ1) is 19.2. The third kappa shape index (κ3) is 4.23. The standard InChI is InChI=1S/C19H23N3O4S/c1-13(23)20-10-14-7-8-18(26-3)19(9-14)27(24,25)21-17-6-4-5-15-11-22(2)12-16(15)17/h4-9,21H,10-12H2,1-3H3,(H,20,23). The van der Waals surface area contributed by atoms with Crippen LogP contribution in [0.15, 0.2) is 41.3 Å². The van der Waals surface area contributed by atoms with Gasteiger partial charge in [0, 0.05) is 26.6 Å². The molecule has 0 spiro atoms. The zero-order chi connectivity index (χ0) is 19.6. The maximum absolute atomic E-state index is 13.1. The SMILES string of the molecule is COc1ccc(CNC(C)=O)cc1S(=O)(=O)Nc1cccc2c1CN(C)C2. The van der Waals surface area contributed by atoms with Crippen LogP contribution in [0, 0.1) is 0 Å². The predicted octanol–water partition coefficient (Wildman–Crippen LogP) is 2.08. The topological polar surface area (TPSA) is 87.7 Å². The number of anilines is 1. The molecule has 0 atom stereocenters. The van der Waals surface area contributed by atoms with Crippen LogP contribution in [-0.4, -0.2) is 33.4 Å². The molecule has 3 rings (SSSR count). The Labute approximate surface area is 159 Å². The number of carbonyl (C=O) groups excluding carboxylic acids is 1. The van der Waals surface area contributed by atoms with Crippen LogP contribution in [0.4, 0.5) is 5.69 Å². The molecule has 0 saturated carbocycles. The van der Waals surface area contributed by atoms with Crippen LogP contribution >= 0.6 is 0 Å². The van der Waals surface area contributed by atoms with Gasteiger partial charge in [0.15, 0.2) is 0 Å². The number of hydrogen-bond donors (Lipinski definition) is 2. The van der Waals surface area contributed by atoms with E-state index >= 15 is 0 Å². The fraction of sp³-hybridized carbons (Fsp3) is 0.316. The number of amides is 1. The van der Waals surface area contributed by atoms with Gasteiger partial charge in [-0.2, -0.15) is 0 Å². The maximum Gasteiger partial charge on any atom is 0.265 e. The lowest BCUT2D eigenvalue weighted by Gasteiger charge is -2.15. The molecule has 8 heteroatoms. The van der Waals surface area contributed by atoms with Crippen LogP contribution in [-0.2, 0) is 34.5 Å². The highest BCUT2D eigenvalue weighted by molar-refractivity contribution is 7.92. The number of fused-ring (bicyclic) bond motifs is 1. The molecule has 0 radical (unpaired) electrons. The van der Waals surface area contributed by atoms with Crippen molar-refractivity contribution in [3.8, 4) is 5.75 Å². The van der Waals surface area contributed by atoms with Crippen molar-refractivity contribution in [2.75, 3.05) is 18.9 Å². The van der Waals surface area contributed by atoms with Gasteiger partial charge in [-0.3, -0.25) is 14.4 Å². The molecule has 0 fully saturated rings. The number of methoxy groups -OCH3 is 1. The smallest absolute Gasteiger partial charge is 0.265 e. The van der Waals surface area contributed by atoms with Crippen LogP contribution in [0.5, 0.6) is 5.75 Å². The van der Waals surface area contributed by atoms with Gasteiger partial charge in [0.25, 0.3) is 10.0 Å². The van der Waals surface area contributed by atoms with E-state index in [1.54, 1.807) is 18.2 Å². The summed E-state index contributed by atoms with van der Waals surface area (Å²) in [5, 5.41) is 2.67. The largest absolute Gasteiger partial charge is 0.495 e. The van der Waals surface area contributed by atoms with Gasteiger partial charge in [-0.05, 0) is 41.9 Å². The lowest BCUT2D eigenvalue weighted by molar-refractivity contribution is -0.119. The quantitative estimate of drug-likeness (QED) is 0.790. The normalized spacial score (nSPS) is 13.9. The summed E-state index contributed by atoms with van der Waals surface area (Å²) in [6.45, 7) is 3.14. The molecular formula is C19H23N3O4S. The van der Waals surface area contributed by atoms with Crippen molar-refractivity contribution in [2.24, 2.45) is 0 Å². The van der Waals surface area contributed by atoms with E-state index in [1.165, 1.54) is 20.1 Å². The molecule has 0 unspecified atom stereocenters. The summed E-state index contributed by atoms with van der Waals surface area (Å²) >= 11 is 0. The third-order valence-electron chi connectivity index (χ3n) is 4.44. The predicted molar refractivity (Wildman–Crippen MR) is 103 cm³/mol. The van der Waals surface area contributed by atoms with Crippen molar-refractivity contribution in [3.05, 3.63) is 53.1 Å². The Bertz CT molecular complexity index is 973. The molecule has 0 bridgehead atoms. The molecule has 1 aliphatic heterocycles. The van der Waals surface area contributed by atoms with Crippen molar-refractivity contribution in [1.29, 1.82) is 0 Å². The summed E-state index contributed by atoms with van der Waals surface area (Å²) in [6.07, 6.45) is 0. The van der Waals surface area contributed by atoms with Gasteiger partial charge in [-0.15, -0.1) is 0 Å². The van der Waals surface area contributed by atoms with Crippen molar-refractivity contribution >= 4 is 21.6 Å². The molecule has 0 aromatic heterocycles. The number of sulfonamides is 1. The number of carbonyl (C=O) groups is 1. The number of nitrogens with zero attached hydrogens (tertiary/aromatic N) is 1. The second-order valence-corrected chi connectivity index (χ2v) is 8.27. The fourth-order valence-electron chi connectivity index (χ4n) is 3.15. The highest BCUT2D eigenvalue weighted by Crippen LogP contribution is 2.32. The summed E-state index contributed by atoms with van der Waals surface area (Å²) in [7, 11) is -0.442. The molecule has 144 valence electrons. The van der Waals surface area contributed by atoms with E-state index in [9.17, 15) is 13.2 Å². The number of hydrogen-bond acceptors (Lipinski definition) is 5. The highest BCUT2D eigenvalue weighted by Gasteiger charge is 2.24. The second-order valence-electron chi connectivity index (χ2n) is 6.62. The van der Waals surface area contributed by atoms with Gasteiger partial charge >= 0.3 is 0 Å². The van der Waals surface area contributed by atoms with Crippen molar-refractivity contribution in [3.63, 3.8) is 0 Å². The van der Waals surface area contributed by atoms with Gasteiger partial charge in [0.1, 0.15) is 10.6 Å². The lowest BCUT2D eigenvalue weighted by atomic mass is 10.1. The van der Waals surface area contributed by atoms with Crippen LogP contribution < -0.4 is 14.8 Å². The van der Waals surface area contributed by atoms with E-state index in [1.807, 2.05) is 19.2 Å². The van der Waals surface area contributed by atoms with Gasteiger partial charge in [0.2, 0.25) is 5.91 Å². The first-order valence-corrected chi connectivity index (χ1v) is 10.0. The minimum atomic E-state index is -3.86. The Balaban J connectivity index is 1.94. The molecule has 2 aromatic rings. The van der Waals surface area contributed by atoms with E-state index in [0.717, 1.165) is 17.7 Å². The summed E-state index contributed by atoms with van der Waals surface area (Å²) in [5.41, 5.74) is 3.34. The number of rotatable bonds is 6. The average molecular weight is 389 g/mol. The Morgan fingerprint density at radius 3 is 2.70 bits per heavy atom. The van der Waals surface area contributed by atoms with E-state index < -0.39 is 10.0 Å². The molecule has 7 nitrogen and oxygen atoms in total.